The van der Waals surface area contributed by atoms with E-state index in [0.29, 0.717) is 12.1 Å². The van der Waals surface area contributed by atoms with Gasteiger partial charge in [-0.05, 0) is 45.7 Å². The van der Waals surface area contributed by atoms with Crippen molar-refractivity contribution in [1.82, 2.24) is 10.4 Å². The van der Waals surface area contributed by atoms with Crippen molar-refractivity contribution in [2.24, 2.45) is 0 Å². The summed E-state index contributed by atoms with van der Waals surface area (Å²) in [6.45, 7) is 6.34. The molecule has 0 spiro atoms. The Morgan fingerprint density at radius 2 is 1.74 bits per heavy atom. The molecule has 1 aliphatic heterocycles. The molecule has 0 unspecified atom stereocenters. The summed E-state index contributed by atoms with van der Waals surface area (Å²) in [5.41, 5.74) is 4.97. The molecule has 2 atom stereocenters. The van der Waals surface area contributed by atoms with Gasteiger partial charge in [-0.25, -0.2) is 9.80 Å². The van der Waals surface area contributed by atoms with E-state index < -0.39 is 0 Å². The molecule has 0 saturated carbocycles. The second-order valence-electron chi connectivity index (χ2n) is 5.47. The van der Waals surface area contributed by atoms with Gasteiger partial charge in [-0.15, -0.1) is 0 Å². The van der Waals surface area contributed by atoms with Crippen molar-refractivity contribution in [3.05, 3.63) is 29.8 Å². The molecular formula is C15H23N3O. The maximum absolute atomic E-state index is 12.0. The molecule has 1 aromatic carbocycles. The molecule has 1 aliphatic rings. The first-order chi connectivity index (χ1) is 9.06. The number of piperidine rings is 1. The Labute approximate surface area is 115 Å². The summed E-state index contributed by atoms with van der Waals surface area (Å²) in [7, 11) is 0. The van der Waals surface area contributed by atoms with E-state index in [9.17, 15) is 4.79 Å². The highest BCUT2D eigenvalue weighted by molar-refractivity contribution is 5.88. The Bertz CT molecular complexity index is 420. The summed E-state index contributed by atoms with van der Waals surface area (Å²) in [6, 6.07) is 8.43. The number of carbonyl (C=O) groups excluding carboxylic acids is 1. The van der Waals surface area contributed by atoms with Gasteiger partial charge in [-0.2, -0.15) is 0 Å². The second kappa shape index (κ2) is 6.06. The topological polar surface area (TPSA) is 44.4 Å². The van der Waals surface area contributed by atoms with Crippen LogP contribution < -0.4 is 10.7 Å². The number of aryl methyl sites for hydroxylation is 1. The van der Waals surface area contributed by atoms with Gasteiger partial charge in [0.15, 0.2) is 0 Å². The zero-order valence-corrected chi connectivity index (χ0v) is 11.9. The van der Waals surface area contributed by atoms with Gasteiger partial charge in [-0.3, -0.25) is 5.43 Å². The summed E-state index contributed by atoms with van der Waals surface area (Å²) in [4.78, 5) is 12.0. The summed E-state index contributed by atoms with van der Waals surface area (Å²) in [5.74, 6) is 0. The van der Waals surface area contributed by atoms with Gasteiger partial charge in [0.25, 0.3) is 0 Å². The van der Waals surface area contributed by atoms with Gasteiger partial charge < -0.3 is 5.32 Å². The fraction of sp³-hybridized carbons (Fsp3) is 0.533. The molecular weight excluding hydrogens is 238 g/mol. The van der Waals surface area contributed by atoms with Crippen LogP contribution in [0.1, 0.15) is 38.7 Å². The van der Waals surface area contributed by atoms with Gasteiger partial charge in [0.1, 0.15) is 0 Å². The second-order valence-corrected chi connectivity index (χ2v) is 5.47. The number of carbonyl (C=O) groups is 1. The first kappa shape index (κ1) is 13.9. The van der Waals surface area contributed by atoms with Crippen molar-refractivity contribution in [1.29, 1.82) is 0 Å². The molecule has 2 rings (SSSR count). The first-order valence-corrected chi connectivity index (χ1v) is 6.99. The normalized spacial score (nSPS) is 23.9. The highest BCUT2D eigenvalue weighted by Crippen LogP contribution is 2.20. The van der Waals surface area contributed by atoms with Crippen LogP contribution in [0.4, 0.5) is 10.5 Å². The minimum absolute atomic E-state index is 0.163. The third-order valence-corrected chi connectivity index (χ3v) is 3.73. The predicted molar refractivity (Wildman–Crippen MR) is 77.9 cm³/mol. The van der Waals surface area contributed by atoms with E-state index in [1.165, 1.54) is 12.0 Å². The largest absolute Gasteiger partial charge is 0.333 e. The lowest BCUT2D eigenvalue weighted by atomic mass is 10.00. The molecule has 1 fully saturated rings. The minimum Gasteiger partial charge on any atom is -0.307 e. The Hall–Kier alpha value is -1.55. The number of benzene rings is 1. The number of urea groups is 1. The number of amides is 2. The van der Waals surface area contributed by atoms with Gasteiger partial charge in [0.05, 0.1) is 0 Å². The molecule has 2 amide bonds. The van der Waals surface area contributed by atoms with Crippen molar-refractivity contribution in [3.63, 3.8) is 0 Å². The number of nitrogens with one attached hydrogen (secondary N) is 2. The molecule has 1 aromatic rings. The number of hydrazine groups is 1. The van der Waals surface area contributed by atoms with Gasteiger partial charge >= 0.3 is 6.03 Å². The Morgan fingerprint density at radius 3 is 2.32 bits per heavy atom. The van der Waals surface area contributed by atoms with E-state index in [4.69, 9.17) is 0 Å². The predicted octanol–water partition coefficient (Wildman–Crippen LogP) is 3.29. The van der Waals surface area contributed by atoms with Crippen LogP contribution in [-0.2, 0) is 0 Å². The Morgan fingerprint density at radius 1 is 1.16 bits per heavy atom. The molecule has 4 heteroatoms. The zero-order valence-electron chi connectivity index (χ0n) is 11.9. The fourth-order valence-electron chi connectivity index (χ4n) is 2.55. The lowest BCUT2D eigenvalue weighted by Gasteiger charge is -2.38. The molecule has 0 radical (unpaired) electrons. The number of anilines is 1. The van der Waals surface area contributed by atoms with Gasteiger partial charge in [0, 0.05) is 17.8 Å². The van der Waals surface area contributed by atoms with Crippen molar-refractivity contribution < 1.29 is 4.79 Å². The third-order valence-electron chi connectivity index (χ3n) is 3.73. The minimum atomic E-state index is -0.163. The van der Waals surface area contributed by atoms with E-state index in [0.717, 1.165) is 18.5 Å². The van der Waals surface area contributed by atoms with Crippen LogP contribution in [0.25, 0.3) is 0 Å². The first-order valence-electron chi connectivity index (χ1n) is 6.99. The molecule has 4 nitrogen and oxygen atoms in total. The SMILES string of the molecule is Cc1ccc(NC(=O)NN2[C@@H](C)CCC[C@@H]2C)cc1. The third kappa shape index (κ3) is 3.70. The quantitative estimate of drug-likeness (QED) is 0.858. The lowest BCUT2D eigenvalue weighted by Crippen LogP contribution is -2.55. The summed E-state index contributed by atoms with van der Waals surface area (Å²) in [5, 5.41) is 4.93. The Balaban J connectivity index is 1.91. The lowest BCUT2D eigenvalue weighted by molar-refractivity contribution is 0.0625. The van der Waals surface area contributed by atoms with Crippen LogP contribution in [0.3, 0.4) is 0 Å². The van der Waals surface area contributed by atoms with E-state index >= 15 is 0 Å². The average molecular weight is 261 g/mol. The highest BCUT2D eigenvalue weighted by Gasteiger charge is 2.25. The zero-order chi connectivity index (χ0) is 13.8. The van der Waals surface area contributed by atoms with Crippen LogP contribution in [0.15, 0.2) is 24.3 Å². The number of rotatable bonds is 2. The standard InChI is InChI=1S/C15H23N3O/c1-11-7-9-14(10-8-11)16-15(19)17-18-12(2)5-4-6-13(18)3/h7-10,12-13H,4-6H2,1-3H3,(H2,16,17,19)/t12-,13-/m0/s1. The fourth-order valence-corrected chi connectivity index (χ4v) is 2.55. The van der Waals surface area contributed by atoms with Crippen LogP contribution in [0, 0.1) is 6.92 Å². The summed E-state index contributed by atoms with van der Waals surface area (Å²) in [6.07, 6.45) is 3.50. The van der Waals surface area contributed by atoms with Crippen LogP contribution >= 0.6 is 0 Å². The molecule has 2 N–H and O–H groups in total. The number of hydrogen-bond donors (Lipinski definition) is 2. The van der Waals surface area contributed by atoms with Crippen molar-refractivity contribution in [3.8, 4) is 0 Å². The molecule has 1 heterocycles. The van der Waals surface area contributed by atoms with Crippen LogP contribution in [0.5, 0.6) is 0 Å². The molecule has 1 saturated heterocycles. The van der Waals surface area contributed by atoms with Crippen molar-refractivity contribution >= 4 is 11.7 Å². The van der Waals surface area contributed by atoms with E-state index in [1.54, 1.807) is 0 Å². The summed E-state index contributed by atoms with van der Waals surface area (Å²) >= 11 is 0. The van der Waals surface area contributed by atoms with Crippen molar-refractivity contribution in [2.75, 3.05) is 5.32 Å². The average Bonchev–Trinajstić information content (AvgIpc) is 2.37. The number of hydrogen-bond acceptors (Lipinski definition) is 2. The molecule has 0 bridgehead atoms. The maximum Gasteiger partial charge on any atom is 0.333 e. The molecule has 104 valence electrons. The molecule has 19 heavy (non-hydrogen) atoms. The Kier molecular flexibility index (Phi) is 4.43. The molecule has 0 aliphatic carbocycles. The van der Waals surface area contributed by atoms with E-state index in [-0.39, 0.29) is 6.03 Å². The maximum atomic E-state index is 12.0. The smallest absolute Gasteiger partial charge is 0.307 e. The van der Waals surface area contributed by atoms with Crippen LogP contribution in [-0.4, -0.2) is 23.1 Å². The monoisotopic (exact) mass is 261 g/mol. The van der Waals surface area contributed by atoms with Gasteiger partial charge in [-0.1, -0.05) is 24.1 Å². The van der Waals surface area contributed by atoms with E-state index in [2.05, 4.69) is 29.6 Å². The van der Waals surface area contributed by atoms with Crippen molar-refractivity contribution in [2.45, 2.75) is 52.1 Å². The van der Waals surface area contributed by atoms with Gasteiger partial charge in [0.2, 0.25) is 0 Å². The highest BCUT2D eigenvalue weighted by atomic mass is 16.2. The van der Waals surface area contributed by atoms with Crippen LogP contribution in [0.2, 0.25) is 0 Å². The summed E-state index contributed by atoms with van der Waals surface area (Å²) < 4.78 is 0. The molecule has 0 aromatic heterocycles. The van der Waals surface area contributed by atoms with E-state index in [1.807, 2.05) is 31.2 Å². The number of nitrogens with zero attached hydrogens (tertiary/aromatic N) is 1.